The average Bonchev–Trinajstić information content (AvgIpc) is 3.29. The van der Waals surface area contributed by atoms with Crippen molar-refractivity contribution in [3.63, 3.8) is 0 Å². The molecule has 3 aromatic rings. The quantitative estimate of drug-likeness (QED) is 0.319. The summed E-state index contributed by atoms with van der Waals surface area (Å²) in [5.41, 5.74) is 2.51. The summed E-state index contributed by atoms with van der Waals surface area (Å²) in [6.07, 6.45) is 2.41. The molecule has 1 unspecified atom stereocenters. The molecule has 2 heterocycles. The smallest absolute Gasteiger partial charge is 0.190 e. The van der Waals surface area contributed by atoms with Gasteiger partial charge in [-0.25, -0.2) is 9.97 Å². The van der Waals surface area contributed by atoms with E-state index in [4.69, 9.17) is 19.4 Å². The Morgan fingerprint density at radius 3 is 2.90 bits per heavy atom. The Bertz CT molecular complexity index is 1050. The molecular formula is C23H25N3O3S. The van der Waals surface area contributed by atoms with Crippen LogP contribution in [0.4, 0.5) is 5.82 Å². The first-order chi connectivity index (χ1) is 14.6. The topological polar surface area (TPSA) is 73.3 Å². The number of nitrogens with zero attached hydrogens (tertiary/aromatic N) is 2. The molecule has 1 saturated heterocycles. The monoisotopic (exact) mass is 423 g/mol. The Morgan fingerprint density at radius 2 is 2.13 bits per heavy atom. The number of aromatic nitrogens is 2. The van der Waals surface area contributed by atoms with Crippen molar-refractivity contribution in [3.8, 4) is 5.75 Å². The van der Waals surface area contributed by atoms with Gasteiger partial charge in [-0.15, -0.1) is 0 Å². The van der Waals surface area contributed by atoms with E-state index >= 15 is 0 Å². The van der Waals surface area contributed by atoms with Crippen molar-refractivity contribution in [2.24, 2.45) is 0 Å². The second-order valence-corrected chi connectivity index (χ2v) is 8.20. The van der Waals surface area contributed by atoms with E-state index in [9.17, 15) is 4.79 Å². The molecule has 0 spiro atoms. The van der Waals surface area contributed by atoms with Crippen molar-refractivity contribution in [2.45, 2.75) is 36.8 Å². The fourth-order valence-corrected chi connectivity index (χ4v) is 4.35. The first kappa shape index (κ1) is 20.6. The molecular weight excluding hydrogens is 398 g/mol. The van der Waals surface area contributed by atoms with Crippen LogP contribution in [0.1, 0.15) is 35.7 Å². The van der Waals surface area contributed by atoms with Gasteiger partial charge in [0.25, 0.3) is 0 Å². The van der Waals surface area contributed by atoms with Gasteiger partial charge >= 0.3 is 0 Å². The van der Waals surface area contributed by atoms with Crippen LogP contribution in [0.15, 0.2) is 47.6 Å². The summed E-state index contributed by atoms with van der Waals surface area (Å²) >= 11 is 1.53. The number of Topliss-reactive ketones (excluding diaryl/α,β-unsaturated/α-hetero) is 1. The number of nitrogens with one attached hydrogen (secondary N) is 1. The zero-order chi connectivity index (χ0) is 20.9. The van der Waals surface area contributed by atoms with E-state index in [1.165, 1.54) is 11.8 Å². The molecule has 2 aromatic carbocycles. The summed E-state index contributed by atoms with van der Waals surface area (Å²) in [7, 11) is 1.64. The highest BCUT2D eigenvalue weighted by molar-refractivity contribution is 7.98. The second-order valence-electron chi connectivity index (χ2n) is 7.26. The maximum atomic E-state index is 11.8. The molecule has 30 heavy (non-hydrogen) atoms. The van der Waals surface area contributed by atoms with E-state index in [1.807, 2.05) is 36.4 Å². The first-order valence-corrected chi connectivity index (χ1v) is 11.1. The maximum Gasteiger partial charge on any atom is 0.190 e. The zero-order valence-electron chi connectivity index (χ0n) is 17.2. The van der Waals surface area contributed by atoms with Crippen molar-refractivity contribution in [1.82, 2.24) is 9.97 Å². The zero-order valence-corrected chi connectivity index (χ0v) is 18.0. The van der Waals surface area contributed by atoms with Gasteiger partial charge in [0.2, 0.25) is 0 Å². The van der Waals surface area contributed by atoms with Gasteiger partial charge in [0, 0.05) is 35.4 Å². The number of methoxy groups -OCH3 is 1. The number of fused-ring (bicyclic) bond motifs is 1. The van der Waals surface area contributed by atoms with E-state index < -0.39 is 0 Å². The van der Waals surface area contributed by atoms with Crippen LogP contribution in [0.25, 0.3) is 10.9 Å². The minimum Gasteiger partial charge on any atom is -0.496 e. The van der Waals surface area contributed by atoms with Crippen LogP contribution in [0.5, 0.6) is 5.75 Å². The minimum absolute atomic E-state index is 0.0338. The fraction of sp³-hybridized carbons (Fsp3) is 0.348. The number of ketones is 1. The fourth-order valence-electron chi connectivity index (χ4n) is 3.52. The molecule has 156 valence electrons. The first-order valence-electron chi connectivity index (χ1n) is 10.1. The Labute approximate surface area is 180 Å². The lowest BCUT2D eigenvalue weighted by atomic mass is 10.1. The van der Waals surface area contributed by atoms with Crippen molar-refractivity contribution in [1.29, 1.82) is 0 Å². The lowest BCUT2D eigenvalue weighted by Gasteiger charge is -2.14. The molecule has 0 radical (unpaired) electrons. The van der Waals surface area contributed by atoms with E-state index in [2.05, 4.69) is 5.32 Å². The summed E-state index contributed by atoms with van der Waals surface area (Å²) in [4.78, 5) is 21.2. The van der Waals surface area contributed by atoms with Crippen LogP contribution in [0.2, 0.25) is 0 Å². The van der Waals surface area contributed by atoms with Crippen molar-refractivity contribution < 1.29 is 14.3 Å². The third kappa shape index (κ3) is 4.74. The van der Waals surface area contributed by atoms with Gasteiger partial charge in [-0.05, 0) is 50.1 Å². The van der Waals surface area contributed by atoms with E-state index in [-0.39, 0.29) is 11.9 Å². The van der Waals surface area contributed by atoms with E-state index in [0.717, 1.165) is 54.0 Å². The average molecular weight is 424 g/mol. The van der Waals surface area contributed by atoms with Gasteiger partial charge in [-0.3, -0.25) is 4.79 Å². The Balaban J connectivity index is 1.57. The minimum atomic E-state index is 0.0338. The predicted octanol–water partition coefficient (Wildman–Crippen LogP) is 4.72. The molecule has 0 amide bonds. The van der Waals surface area contributed by atoms with Gasteiger partial charge in [0.05, 0.1) is 18.7 Å². The highest BCUT2D eigenvalue weighted by Gasteiger charge is 2.17. The largest absolute Gasteiger partial charge is 0.496 e. The molecule has 4 rings (SSSR count). The van der Waals surface area contributed by atoms with Gasteiger partial charge < -0.3 is 14.8 Å². The van der Waals surface area contributed by atoms with Crippen molar-refractivity contribution >= 4 is 34.3 Å². The van der Waals surface area contributed by atoms with Crippen LogP contribution < -0.4 is 10.1 Å². The lowest BCUT2D eigenvalue weighted by Crippen LogP contribution is -2.19. The number of hydrogen-bond acceptors (Lipinski definition) is 7. The third-order valence-electron chi connectivity index (χ3n) is 5.15. The number of carbonyl (C=O) groups excluding carboxylic acids is 1. The number of anilines is 1. The molecule has 1 aromatic heterocycles. The SMILES string of the molecule is COc1ccc(C(C)=O)cc1CSc1nc(NCC2CCCO2)c2ccccc2n1. The third-order valence-corrected chi connectivity index (χ3v) is 6.04. The van der Waals surface area contributed by atoms with Crippen LogP contribution in [0, 0.1) is 0 Å². The van der Waals surface area contributed by atoms with Crippen molar-refractivity contribution in [3.05, 3.63) is 53.6 Å². The van der Waals surface area contributed by atoms with Crippen LogP contribution in [-0.4, -0.2) is 42.1 Å². The summed E-state index contributed by atoms with van der Waals surface area (Å²) in [5.74, 6) is 2.22. The summed E-state index contributed by atoms with van der Waals surface area (Å²) in [6, 6.07) is 13.5. The summed E-state index contributed by atoms with van der Waals surface area (Å²) < 4.78 is 11.2. The summed E-state index contributed by atoms with van der Waals surface area (Å²) in [5, 5.41) is 5.13. The molecule has 0 saturated carbocycles. The molecule has 0 aliphatic carbocycles. The molecule has 1 aliphatic heterocycles. The van der Waals surface area contributed by atoms with Gasteiger partial charge in [0.1, 0.15) is 11.6 Å². The molecule has 1 aliphatic rings. The molecule has 6 nitrogen and oxygen atoms in total. The summed E-state index contributed by atoms with van der Waals surface area (Å²) in [6.45, 7) is 3.13. The van der Waals surface area contributed by atoms with Crippen LogP contribution in [-0.2, 0) is 10.5 Å². The predicted molar refractivity (Wildman–Crippen MR) is 120 cm³/mol. The number of rotatable bonds is 8. The normalized spacial score (nSPS) is 16.0. The van der Waals surface area contributed by atoms with E-state index in [0.29, 0.717) is 16.5 Å². The lowest BCUT2D eigenvalue weighted by molar-refractivity contribution is 0.101. The highest BCUT2D eigenvalue weighted by atomic mass is 32.2. The molecule has 1 atom stereocenters. The Morgan fingerprint density at radius 1 is 1.27 bits per heavy atom. The highest BCUT2D eigenvalue weighted by Crippen LogP contribution is 2.30. The standard InChI is InChI=1S/C23H25N3O3S/c1-15(27)16-9-10-21(28-2)17(12-16)14-30-23-25-20-8-4-3-7-19(20)22(26-23)24-13-18-6-5-11-29-18/h3-4,7-10,12,18H,5-6,11,13-14H2,1-2H3,(H,24,25,26). The van der Waals surface area contributed by atoms with Gasteiger partial charge in [-0.1, -0.05) is 23.9 Å². The van der Waals surface area contributed by atoms with Crippen LogP contribution >= 0.6 is 11.8 Å². The Kier molecular flexibility index (Phi) is 6.50. The maximum absolute atomic E-state index is 11.8. The number of thioether (sulfide) groups is 1. The van der Waals surface area contributed by atoms with Crippen molar-refractivity contribution in [2.75, 3.05) is 25.6 Å². The number of benzene rings is 2. The molecule has 1 fully saturated rings. The molecule has 1 N–H and O–H groups in total. The van der Waals surface area contributed by atoms with E-state index in [1.54, 1.807) is 20.1 Å². The molecule has 7 heteroatoms. The number of carbonyl (C=O) groups is 1. The van der Waals surface area contributed by atoms with Gasteiger partial charge in [0.15, 0.2) is 10.9 Å². The van der Waals surface area contributed by atoms with Gasteiger partial charge in [-0.2, -0.15) is 0 Å². The second kappa shape index (κ2) is 9.45. The number of ether oxygens (including phenoxy) is 2. The Hall–Kier alpha value is -2.64. The van der Waals surface area contributed by atoms with Crippen LogP contribution in [0.3, 0.4) is 0 Å². The number of hydrogen-bond donors (Lipinski definition) is 1. The number of para-hydroxylation sites is 1. The molecule has 0 bridgehead atoms.